The average molecular weight is 342 g/mol. The number of fused-ring (bicyclic) bond motifs is 1. The van der Waals surface area contributed by atoms with Crippen molar-refractivity contribution in [1.82, 2.24) is 9.88 Å². The number of hydrogen-bond donors (Lipinski definition) is 0. The zero-order valence-corrected chi connectivity index (χ0v) is 14.3. The van der Waals surface area contributed by atoms with Crippen LogP contribution in [0.25, 0.3) is 11.1 Å². The molecule has 25 heavy (non-hydrogen) atoms. The minimum absolute atomic E-state index is 0.158. The van der Waals surface area contributed by atoms with Crippen LogP contribution in [0, 0.1) is 0 Å². The monoisotopic (exact) mass is 342 g/mol. The summed E-state index contributed by atoms with van der Waals surface area (Å²) in [7, 11) is 0. The number of esters is 1. The highest BCUT2D eigenvalue weighted by Crippen LogP contribution is 2.29. The predicted molar refractivity (Wildman–Crippen MR) is 93.0 cm³/mol. The number of oxazole rings is 1. The number of benzene rings is 1. The first-order chi connectivity index (χ1) is 12.2. The van der Waals surface area contributed by atoms with Gasteiger partial charge in [0.2, 0.25) is 0 Å². The molecule has 132 valence electrons. The van der Waals surface area contributed by atoms with Crippen molar-refractivity contribution in [3.63, 3.8) is 0 Å². The smallest absolute Gasteiger partial charge is 0.330 e. The van der Waals surface area contributed by atoms with Crippen LogP contribution in [0.2, 0.25) is 0 Å². The average Bonchev–Trinajstić information content (AvgIpc) is 3.08. The Labute approximate surface area is 146 Å². The van der Waals surface area contributed by atoms with E-state index in [-0.39, 0.29) is 18.4 Å². The molecular formula is C19H22N2O4. The van der Waals surface area contributed by atoms with Gasteiger partial charge in [0, 0.05) is 25.1 Å². The number of carbonyl (C=O) groups excluding carboxylic acids is 2. The van der Waals surface area contributed by atoms with Crippen molar-refractivity contribution in [2.75, 3.05) is 19.7 Å². The molecule has 1 aromatic heterocycles. The molecule has 1 aromatic carbocycles. The summed E-state index contributed by atoms with van der Waals surface area (Å²) in [5, 5.41) is 0. The maximum absolute atomic E-state index is 12.1. The van der Waals surface area contributed by atoms with E-state index in [0.717, 1.165) is 36.3 Å². The van der Waals surface area contributed by atoms with E-state index >= 15 is 0 Å². The largest absolute Gasteiger partial charge is 0.452 e. The molecule has 0 unspecified atom stereocenters. The van der Waals surface area contributed by atoms with Gasteiger partial charge < -0.3 is 14.1 Å². The molecule has 0 atom stereocenters. The van der Waals surface area contributed by atoms with Crippen molar-refractivity contribution < 1.29 is 18.7 Å². The van der Waals surface area contributed by atoms with E-state index in [4.69, 9.17) is 9.15 Å². The predicted octanol–water partition coefficient (Wildman–Crippen LogP) is 3.04. The molecule has 6 heteroatoms. The van der Waals surface area contributed by atoms with Crippen LogP contribution >= 0.6 is 0 Å². The first-order valence-corrected chi connectivity index (χ1v) is 8.64. The second-order valence-corrected chi connectivity index (χ2v) is 6.09. The molecule has 0 spiro atoms. The summed E-state index contributed by atoms with van der Waals surface area (Å²) < 4.78 is 10.8. The van der Waals surface area contributed by atoms with Crippen LogP contribution < -0.4 is 0 Å². The van der Waals surface area contributed by atoms with Crippen molar-refractivity contribution in [2.24, 2.45) is 0 Å². The molecule has 1 aliphatic heterocycles. The van der Waals surface area contributed by atoms with E-state index in [1.54, 1.807) is 11.0 Å². The van der Waals surface area contributed by atoms with Crippen LogP contribution in [0.5, 0.6) is 0 Å². The Balaban J connectivity index is 1.50. The van der Waals surface area contributed by atoms with Gasteiger partial charge in [0.05, 0.1) is 0 Å². The maximum atomic E-state index is 12.1. The second kappa shape index (κ2) is 7.96. The van der Waals surface area contributed by atoms with Gasteiger partial charge in [0.25, 0.3) is 5.91 Å². The summed E-state index contributed by atoms with van der Waals surface area (Å²) >= 11 is 0. The molecule has 0 aliphatic carbocycles. The molecule has 6 nitrogen and oxygen atoms in total. The number of ether oxygens (including phenoxy) is 1. The summed E-state index contributed by atoms with van der Waals surface area (Å²) in [5.74, 6) is 0.321. The number of amides is 1. The van der Waals surface area contributed by atoms with E-state index in [9.17, 15) is 9.59 Å². The van der Waals surface area contributed by atoms with Gasteiger partial charge in [-0.3, -0.25) is 4.79 Å². The fourth-order valence-corrected chi connectivity index (χ4v) is 2.93. The normalized spacial score (nSPS) is 15.8. The molecule has 1 saturated heterocycles. The van der Waals surface area contributed by atoms with Crippen molar-refractivity contribution in [2.45, 2.75) is 32.1 Å². The van der Waals surface area contributed by atoms with Crippen LogP contribution in [-0.2, 0) is 14.3 Å². The third kappa shape index (κ3) is 4.26. The van der Waals surface area contributed by atoms with E-state index in [2.05, 4.69) is 4.98 Å². The molecule has 0 N–H and O–H groups in total. The maximum Gasteiger partial charge on any atom is 0.330 e. The van der Waals surface area contributed by atoms with Gasteiger partial charge >= 0.3 is 5.97 Å². The zero-order valence-electron chi connectivity index (χ0n) is 14.3. The fourth-order valence-electron chi connectivity index (χ4n) is 2.93. The standard InChI is InChI=1S/C19H22N2O4/c1-2-3-8-18(23)24-13-17(22)21-11-9-14(10-12-21)19-20-15-6-4-5-7-16(15)25-19/h3-8,14H,2,9-13H2,1H3/b8-3+. The highest BCUT2D eigenvalue weighted by atomic mass is 16.5. The molecule has 2 aromatic rings. The number of allylic oxidation sites excluding steroid dienone is 1. The van der Waals surface area contributed by atoms with Crippen molar-refractivity contribution >= 4 is 23.0 Å². The van der Waals surface area contributed by atoms with Crippen LogP contribution in [-0.4, -0.2) is 41.5 Å². The van der Waals surface area contributed by atoms with Gasteiger partial charge in [-0.15, -0.1) is 0 Å². The Kier molecular flexibility index (Phi) is 5.48. The minimum Gasteiger partial charge on any atom is -0.452 e. The first-order valence-electron chi connectivity index (χ1n) is 8.64. The molecule has 1 fully saturated rings. The van der Waals surface area contributed by atoms with Crippen LogP contribution in [0.15, 0.2) is 40.8 Å². The molecule has 2 heterocycles. The lowest BCUT2D eigenvalue weighted by Crippen LogP contribution is -2.40. The number of para-hydroxylation sites is 2. The molecule has 3 rings (SSSR count). The third-order valence-corrected chi connectivity index (χ3v) is 4.33. The Morgan fingerprint density at radius 3 is 2.80 bits per heavy atom. The van der Waals surface area contributed by atoms with E-state index in [1.807, 2.05) is 31.2 Å². The summed E-state index contributed by atoms with van der Waals surface area (Å²) in [6, 6.07) is 7.70. The summed E-state index contributed by atoms with van der Waals surface area (Å²) in [4.78, 5) is 29.8. The molecule has 0 saturated carbocycles. The Bertz CT molecular complexity index is 740. The van der Waals surface area contributed by atoms with Gasteiger partial charge in [-0.05, 0) is 31.4 Å². The number of rotatable bonds is 5. The molecule has 0 radical (unpaired) electrons. The van der Waals surface area contributed by atoms with Crippen LogP contribution in [0.4, 0.5) is 0 Å². The van der Waals surface area contributed by atoms with Gasteiger partial charge in [-0.25, -0.2) is 9.78 Å². The highest BCUT2D eigenvalue weighted by Gasteiger charge is 2.27. The number of piperidine rings is 1. The number of likely N-dealkylation sites (tertiary alicyclic amines) is 1. The zero-order chi connectivity index (χ0) is 17.6. The quantitative estimate of drug-likeness (QED) is 0.617. The van der Waals surface area contributed by atoms with Gasteiger partial charge in [0.1, 0.15) is 5.52 Å². The third-order valence-electron chi connectivity index (χ3n) is 4.33. The first kappa shape index (κ1) is 17.2. The molecular weight excluding hydrogens is 320 g/mol. The van der Waals surface area contributed by atoms with E-state index in [0.29, 0.717) is 13.1 Å². The number of hydrogen-bond acceptors (Lipinski definition) is 5. The fraction of sp³-hybridized carbons (Fsp3) is 0.421. The molecule has 1 aliphatic rings. The van der Waals surface area contributed by atoms with Gasteiger partial charge in [-0.2, -0.15) is 0 Å². The van der Waals surface area contributed by atoms with E-state index < -0.39 is 5.97 Å². The lowest BCUT2D eigenvalue weighted by atomic mass is 9.97. The number of carbonyl (C=O) groups is 2. The number of aromatic nitrogens is 1. The lowest BCUT2D eigenvalue weighted by molar-refractivity contribution is -0.148. The van der Waals surface area contributed by atoms with Gasteiger partial charge in [-0.1, -0.05) is 25.1 Å². The van der Waals surface area contributed by atoms with Crippen molar-refractivity contribution in [1.29, 1.82) is 0 Å². The Hall–Kier alpha value is -2.63. The topological polar surface area (TPSA) is 72.6 Å². The van der Waals surface area contributed by atoms with Crippen molar-refractivity contribution in [3.05, 3.63) is 42.3 Å². The van der Waals surface area contributed by atoms with Crippen molar-refractivity contribution in [3.8, 4) is 0 Å². The van der Waals surface area contributed by atoms with Crippen LogP contribution in [0.1, 0.15) is 38.0 Å². The summed E-state index contributed by atoms with van der Waals surface area (Å²) in [6.07, 6.45) is 5.41. The second-order valence-electron chi connectivity index (χ2n) is 6.09. The Morgan fingerprint density at radius 1 is 1.32 bits per heavy atom. The molecule has 1 amide bonds. The highest BCUT2D eigenvalue weighted by molar-refractivity contribution is 5.85. The summed E-state index contributed by atoms with van der Waals surface area (Å²) in [6.45, 7) is 2.95. The van der Waals surface area contributed by atoms with E-state index in [1.165, 1.54) is 6.08 Å². The minimum atomic E-state index is -0.475. The van der Waals surface area contributed by atoms with Crippen LogP contribution in [0.3, 0.4) is 0 Å². The lowest BCUT2D eigenvalue weighted by Gasteiger charge is -2.30. The SMILES string of the molecule is CC/C=C/C(=O)OCC(=O)N1CCC(c2nc3ccccc3o2)CC1. The number of nitrogens with zero attached hydrogens (tertiary/aromatic N) is 2. The van der Waals surface area contributed by atoms with Gasteiger partial charge in [0.15, 0.2) is 18.1 Å². The summed E-state index contributed by atoms with van der Waals surface area (Å²) in [5.41, 5.74) is 1.66. The Morgan fingerprint density at radius 2 is 2.08 bits per heavy atom. The molecule has 0 bridgehead atoms.